The van der Waals surface area contributed by atoms with Crippen LogP contribution in [0.3, 0.4) is 0 Å². The van der Waals surface area contributed by atoms with Crippen LogP contribution in [0.5, 0.6) is 23.0 Å². The van der Waals surface area contributed by atoms with Gasteiger partial charge in [-0.1, -0.05) is 18.2 Å². The van der Waals surface area contributed by atoms with Crippen molar-refractivity contribution >= 4 is 17.6 Å². The number of hydrogen-bond donors (Lipinski definition) is 0. The molecule has 1 saturated heterocycles. The number of hydrogen-bond acceptors (Lipinski definition) is 11. The molecule has 5 aliphatic rings. The van der Waals surface area contributed by atoms with Gasteiger partial charge in [0.1, 0.15) is 11.8 Å². The summed E-state index contributed by atoms with van der Waals surface area (Å²) in [6.45, 7) is 5.48. The number of Topliss-reactive ketones (excluding diaryl/α,β-unsaturated/α-hetero) is 1. The van der Waals surface area contributed by atoms with Crippen molar-refractivity contribution in [3.8, 4) is 29.1 Å². The summed E-state index contributed by atoms with van der Waals surface area (Å²) >= 11 is 0. The quantitative estimate of drug-likeness (QED) is 0.249. The second kappa shape index (κ2) is 12.4. The third kappa shape index (κ3) is 4.79. The van der Waals surface area contributed by atoms with Crippen LogP contribution in [0.15, 0.2) is 30.3 Å². The maximum Gasteiger partial charge on any atom is 0.261 e. The summed E-state index contributed by atoms with van der Waals surface area (Å²) in [7, 11) is 5.24. The Labute approximate surface area is 296 Å². The van der Waals surface area contributed by atoms with Gasteiger partial charge in [0.15, 0.2) is 29.8 Å². The number of likely N-dealkylation sites (N-methyl/N-ethyl adjacent to an activating group) is 1. The van der Waals surface area contributed by atoms with Crippen LogP contribution in [0.4, 0.5) is 0 Å². The summed E-state index contributed by atoms with van der Waals surface area (Å²) < 4.78 is 29.9. The van der Waals surface area contributed by atoms with Crippen molar-refractivity contribution in [3.63, 3.8) is 0 Å². The van der Waals surface area contributed by atoms with Gasteiger partial charge in [-0.3, -0.25) is 29.1 Å². The Morgan fingerprint density at radius 1 is 1.00 bits per heavy atom. The number of ether oxygens (including phenoxy) is 5. The van der Waals surface area contributed by atoms with Gasteiger partial charge in [-0.15, -0.1) is 0 Å². The molecule has 0 aliphatic carbocycles. The molecule has 0 radical (unpaired) electrons. The minimum absolute atomic E-state index is 0.00229. The van der Waals surface area contributed by atoms with E-state index in [4.69, 9.17) is 23.7 Å². The first-order chi connectivity index (χ1) is 24.6. The standard InChI is InChI=1S/C39H40N4O8/c1-19-11-22-13-27-29(15-40)43-28(33(41(27)4)31(22)36(34(19)48-6)49-17-47-5)14-26-25(12-20(2)44)21(3)35-37(51-18-50-35)32(26)30(43)16-42-38(45)23-9-7-8-10-24(23)39(42)46/h7-11,27-30,33H,12-14,16-18H2,1-6H3/t27-,28-,29-,30-,33-/m0/s1. The van der Waals surface area contributed by atoms with Gasteiger partial charge in [-0.25, -0.2) is 0 Å². The normalized spacial score (nSPS) is 24.4. The van der Waals surface area contributed by atoms with E-state index in [-0.39, 0.29) is 62.3 Å². The lowest BCUT2D eigenvalue weighted by Gasteiger charge is -2.60. The van der Waals surface area contributed by atoms with Crippen LogP contribution in [-0.2, 0) is 28.8 Å². The van der Waals surface area contributed by atoms with E-state index in [9.17, 15) is 19.6 Å². The van der Waals surface area contributed by atoms with Gasteiger partial charge in [-0.2, -0.15) is 5.26 Å². The number of nitrogens with zero attached hydrogens (tertiary/aromatic N) is 4. The first-order valence-electron chi connectivity index (χ1n) is 17.2. The van der Waals surface area contributed by atoms with E-state index < -0.39 is 12.1 Å². The Morgan fingerprint density at radius 2 is 1.71 bits per heavy atom. The number of piperazine rings is 1. The van der Waals surface area contributed by atoms with Gasteiger partial charge >= 0.3 is 0 Å². The number of ketones is 1. The molecule has 12 heteroatoms. The Kier molecular flexibility index (Phi) is 8.05. The highest BCUT2D eigenvalue weighted by molar-refractivity contribution is 6.21. The molecule has 0 spiro atoms. The molecular formula is C39H40N4O8. The highest BCUT2D eigenvalue weighted by Crippen LogP contribution is 2.57. The zero-order valence-electron chi connectivity index (χ0n) is 29.6. The van der Waals surface area contributed by atoms with Crippen LogP contribution < -0.4 is 18.9 Å². The molecule has 3 aromatic carbocycles. The number of carbonyl (C=O) groups excluding carboxylic acids is 3. The van der Waals surface area contributed by atoms with Crippen LogP contribution in [0.1, 0.15) is 78.7 Å². The lowest BCUT2D eigenvalue weighted by molar-refractivity contribution is -0.116. The highest BCUT2D eigenvalue weighted by Gasteiger charge is 2.57. The Hall–Kier alpha value is -4.96. The number of benzene rings is 3. The zero-order valence-corrected chi connectivity index (χ0v) is 29.6. The topological polar surface area (TPSA) is 131 Å². The molecule has 2 bridgehead atoms. The fraction of sp³-hybridized carbons (Fsp3) is 0.436. The molecule has 0 saturated carbocycles. The van der Waals surface area contributed by atoms with Gasteiger partial charge in [-0.05, 0) is 80.6 Å². The van der Waals surface area contributed by atoms with Crippen molar-refractivity contribution in [1.82, 2.24) is 14.7 Å². The number of imide groups is 1. The van der Waals surface area contributed by atoms with Crippen LogP contribution in [-0.4, -0.2) is 91.8 Å². The fourth-order valence-corrected chi connectivity index (χ4v) is 9.42. The lowest BCUT2D eigenvalue weighted by Crippen LogP contribution is -2.69. The first kappa shape index (κ1) is 33.2. The minimum atomic E-state index is -0.650. The average molecular weight is 693 g/mol. The van der Waals surface area contributed by atoms with Gasteiger partial charge < -0.3 is 23.7 Å². The molecule has 1 fully saturated rings. The molecule has 3 aromatic rings. The lowest BCUT2D eigenvalue weighted by atomic mass is 9.70. The maximum absolute atomic E-state index is 13.9. The third-order valence-corrected chi connectivity index (χ3v) is 11.4. The van der Waals surface area contributed by atoms with E-state index >= 15 is 0 Å². The maximum atomic E-state index is 13.9. The second-order valence-electron chi connectivity index (χ2n) is 14.1. The fourth-order valence-electron chi connectivity index (χ4n) is 9.42. The minimum Gasteiger partial charge on any atom is -0.493 e. The van der Waals surface area contributed by atoms with Crippen molar-refractivity contribution in [3.05, 3.63) is 80.4 Å². The third-order valence-electron chi connectivity index (χ3n) is 11.4. The van der Waals surface area contributed by atoms with Crippen molar-refractivity contribution in [2.24, 2.45) is 0 Å². The van der Waals surface area contributed by atoms with E-state index in [0.29, 0.717) is 47.0 Å². The number of aryl methyl sites for hydroxylation is 1. The SMILES string of the molecule is COCOc1c(OC)c(C)cc2c1[C@@H]1[C@@H]3Cc4c(CC(C)=O)c(C)c5c(c4[C@H](CN4C(=O)c6ccccc6C4=O)N3[C@@H](C#N)[C@H](C2)N1C)OCO5. The molecule has 0 aromatic heterocycles. The van der Waals surface area contributed by atoms with E-state index in [0.717, 1.165) is 38.9 Å². The zero-order chi connectivity index (χ0) is 35.9. The number of carbonyl (C=O) groups is 3. The average Bonchev–Trinajstić information content (AvgIpc) is 3.69. The smallest absolute Gasteiger partial charge is 0.261 e. The van der Waals surface area contributed by atoms with Crippen LogP contribution in [0.25, 0.3) is 0 Å². The molecule has 264 valence electrons. The van der Waals surface area contributed by atoms with Crippen LogP contribution >= 0.6 is 0 Å². The van der Waals surface area contributed by atoms with Crippen molar-refractivity contribution in [1.29, 1.82) is 5.26 Å². The molecule has 5 aliphatic heterocycles. The Morgan fingerprint density at radius 3 is 2.35 bits per heavy atom. The Bertz CT molecular complexity index is 2020. The summed E-state index contributed by atoms with van der Waals surface area (Å²) in [5.74, 6) is 1.53. The van der Waals surface area contributed by atoms with Crippen molar-refractivity contribution in [2.45, 2.75) is 70.2 Å². The van der Waals surface area contributed by atoms with Gasteiger partial charge in [0.25, 0.3) is 11.8 Å². The summed E-state index contributed by atoms with van der Waals surface area (Å²) in [5.41, 5.74) is 7.00. The molecule has 12 nitrogen and oxygen atoms in total. The van der Waals surface area contributed by atoms with Crippen molar-refractivity contribution in [2.75, 3.05) is 41.4 Å². The van der Waals surface area contributed by atoms with Gasteiger partial charge in [0.05, 0.1) is 36.4 Å². The largest absolute Gasteiger partial charge is 0.493 e. The van der Waals surface area contributed by atoms with Gasteiger partial charge in [0.2, 0.25) is 6.79 Å². The van der Waals surface area contributed by atoms with E-state index in [1.54, 1.807) is 45.4 Å². The predicted octanol–water partition coefficient (Wildman–Crippen LogP) is 4.22. The van der Waals surface area contributed by atoms with E-state index in [1.165, 1.54) is 4.90 Å². The Balaban J connectivity index is 1.38. The monoisotopic (exact) mass is 692 g/mol. The summed E-state index contributed by atoms with van der Waals surface area (Å²) in [5, 5.41) is 11.1. The second-order valence-corrected chi connectivity index (χ2v) is 14.1. The molecule has 51 heavy (non-hydrogen) atoms. The summed E-state index contributed by atoms with van der Waals surface area (Å²) in [6, 6.07) is 9.47. The molecule has 5 atom stereocenters. The number of methoxy groups -OCH3 is 2. The summed E-state index contributed by atoms with van der Waals surface area (Å²) in [6.07, 6.45) is 1.20. The first-order valence-corrected chi connectivity index (χ1v) is 17.2. The van der Waals surface area contributed by atoms with Crippen LogP contribution in [0.2, 0.25) is 0 Å². The van der Waals surface area contributed by atoms with Gasteiger partial charge in [0, 0.05) is 43.3 Å². The molecule has 2 amide bonds. The molecule has 8 rings (SSSR count). The van der Waals surface area contributed by atoms with Crippen molar-refractivity contribution < 1.29 is 38.1 Å². The molecule has 5 heterocycles. The number of rotatable bonds is 8. The number of fused-ring (bicyclic) bond motifs is 10. The molecule has 0 N–H and O–H groups in total. The molecular weight excluding hydrogens is 652 g/mol. The number of nitriles is 1. The van der Waals surface area contributed by atoms with Crippen LogP contribution in [0, 0.1) is 25.2 Å². The van der Waals surface area contributed by atoms with E-state index in [1.807, 2.05) is 20.9 Å². The predicted molar refractivity (Wildman–Crippen MR) is 183 cm³/mol. The van der Waals surface area contributed by atoms with E-state index in [2.05, 4.69) is 21.9 Å². The highest BCUT2D eigenvalue weighted by atomic mass is 16.7. The summed E-state index contributed by atoms with van der Waals surface area (Å²) in [4.78, 5) is 46.5. The molecule has 0 unspecified atom stereocenters. The number of amides is 2.